The predicted octanol–water partition coefficient (Wildman–Crippen LogP) is 2.81. The Labute approximate surface area is 79.1 Å². The Bertz CT molecular complexity index is 289. The van der Waals surface area contributed by atoms with Gasteiger partial charge in [-0.15, -0.1) is 0 Å². The van der Waals surface area contributed by atoms with E-state index in [9.17, 15) is 0 Å². The molecule has 0 aliphatic carbocycles. The normalized spacial score (nSPS) is 21.8. The van der Waals surface area contributed by atoms with Crippen LogP contribution in [0.5, 0.6) is 0 Å². The molecule has 1 saturated heterocycles. The van der Waals surface area contributed by atoms with E-state index in [1.807, 2.05) is 23.3 Å². The molecule has 0 saturated carbocycles. The molecule has 0 N–H and O–H groups in total. The Hall–Kier alpha value is -1.02. The van der Waals surface area contributed by atoms with E-state index >= 15 is 0 Å². The molecule has 2 nitrogen and oxygen atoms in total. The number of nitrogens with zero attached hydrogens (tertiary/aromatic N) is 1. The topological polar surface area (TPSA) is 15.5 Å². The lowest BCUT2D eigenvalue weighted by atomic mass is 9.95. The Morgan fingerprint density at radius 3 is 2.23 bits per heavy atom. The molecule has 1 atom stereocenters. The molecule has 0 spiro atoms. The Morgan fingerprint density at radius 1 is 1.15 bits per heavy atom. The van der Waals surface area contributed by atoms with E-state index in [1.54, 1.807) is 0 Å². The van der Waals surface area contributed by atoms with E-state index in [1.165, 1.54) is 0 Å². The SMILES string of the molecule is CC(C)(C)C1ON1c1ccccc1. The number of benzene rings is 1. The van der Waals surface area contributed by atoms with E-state index in [0.29, 0.717) is 0 Å². The van der Waals surface area contributed by atoms with Gasteiger partial charge in [0.05, 0.1) is 5.69 Å². The van der Waals surface area contributed by atoms with Crippen LogP contribution < -0.4 is 5.06 Å². The highest BCUT2D eigenvalue weighted by molar-refractivity contribution is 5.47. The van der Waals surface area contributed by atoms with Crippen molar-refractivity contribution < 1.29 is 4.84 Å². The van der Waals surface area contributed by atoms with Crippen molar-refractivity contribution in [3.63, 3.8) is 0 Å². The Morgan fingerprint density at radius 2 is 1.77 bits per heavy atom. The standard InChI is InChI=1S/C11H15NO/c1-11(2,3)10-12(13-10)9-7-5-4-6-8-9/h4-8,10H,1-3H3. The Balaban J connectivity index is 2.09. The number of hydroxylamine groups is 1. The largest absolute Gasteiger partial charge is 0.243 e. The van der Waals surface area contributed by atoms with Crippen LogP contribution in [-0.4, -0.2) is 6.23 Å². The second-order valence-electron chi connectivity index (χ2n) is 4.49. The fourth-order valence-electron chi connectivity index (χ4n) is 1.36. The van der Waals surface area contributed by atoms with Crippen molar-refractivity contribution in [2.24, 2.45) is 5.41 Å². The fraction of sp³-hybridized carbons (Fsp3) is 0.455. The van der Waals surface area contributed by atoms with Gasteiger partial charge in [-0.05, 0) is 12.1 Å². The van der Waals surface area contributed by atoms with Crippen LogP contribution in [0, 0.1) is 5.41 Å². The highest BCUT2D eigenvalue weighted by atomic mass is 16.8. The predicted molar refractivity (Wildman–Crippen MR) is 53.2 cm³/mol. The molecule has 1 aliphatic rings. The molecular weight excluding hydrogens is 162 g/mol. The molecular formula is C11H15NO. The summed E-state index contributed by atoms with van der Waals surface area (Å²) >= 11 is 0. The van der Waals surface area contributed by atoms with Gasteiger partial charge in [-0.3, -0.25) is 0 Å². The minimum absolute atomic E-state index is 0.190. The maximum atomic E-state index is 5.50. The summed E-state index contributed by atoms with van der Waals surface area (Å²) in [4.78, 5) is 5.50. The summed E-state index contributed by atoms with van der Waals surface area (Å²) in [5.41, 5.74) is 1.33. The third kappa shape index (κ3) is 1.68. The molecule has 1 unspecified atom stereocenters. The van der Waals surface area contributed by atoms with E-state index in [0.717, 1.165) is 5.69 Å². The second-order valence-corrected chi connectivity index (χ2v) is 4.49. The molecule has 1 fully saturated rings. The van der Waals surface area contributed by atoms with E-state index in [4.69, 9.17) is 4.84 Å². The first kappa shape index (κ1) is 8.57. The summed E-state index contributed by atoms with van der Waals surface area (Å²) in [5.74, 6) is 0. The zero-order valence-corrected chi connectivity index (χ0v) is 8.32. The summed E-state index contributed by atoms with van der Waals surface area (Å²) in [6.07, 6.45) is 0.231. The molecule has 1 heterocycles. The molecule has 70 valence electrons. The van der Waals surface area contributed by atoms with Gasteiger partial charge in [0.2, 0.25) is 0 Å². The van der Waals surface area contributed by atoms with Gasteiger partial charge < -0.3 is 0 Å². The van der Waals surface area contributed by atoms with Crippen molar-refractivity contribution in [2.75, 3.05) is 5.06 Å². The fourth-order valence-corrected chi connectivity index (χ4v) is 1.36. The number of rotatable bonds is 1. The van der Waals surface area contributed by atoms with Gasteiger partial charge in [0, 0.05) is 5.41 Å². The van der Waals surface area contributed by atoms with Crippen LogP contribution in [0.3, 0.4) is 0 Å². The number of para-hydroxylation sites is 1. The summed E-state index contributed by atoms with van der Waals surface area (Å²) in [7, 11) is 0. The maximum absolute atomic E-state index is 5.50. The number of anilines is 1. The quantitative estimate of drug-likeness (QED) is 0.613. The first-order valence-electron chi connectivity index (χ1n) is 4.60. The molecule has 1 aliphatic heterocycles. The van der Waals surface area contributed by atoms with Crippen LogP contribution in [0.4, 0.5) is 5.69 Å². The summed E-state index contributed by atoms with van der Waals surface area (Å²) in [6, 6.07) is 10.2. The summed E-state index contributed by atoms with van der Waals surface area (Å²) < 4.78 is 0. The zero-order chi connectivity index (χ0) is 9.47. The van der Waals surface area contributed by atoms with Crippen LogP contribution in [0.15, 0.2) is 30.3 Å². The molecule has 2 heteroatoms. The van der Waals surface area contributed by atoms with Crippen LogP contribution >= 0.6 is 0 Å². The van der Waals surface area contributed by atoms with Crippen LogP contribution in [0.25, 0.3) is 0 Å². The first-order chi connectivity index (χ1) is 6.09. The monoisotopic (exact) mass is 177 g/mol. The summed E-state index contributed by atoms with van der Waals surface area (Å²) in [6.45, 7) is 6.54. The number of hydrogen-bond donors (Lipinski definition) is 0. The van der Waals surface area contributed by atoms with Crippen molar-refractivity contribution >= 4 is 5.69 Å². The summed E-state index contributed by atoms with van der Waals surface area (Å²) in [5, 5.41) is 1.96. The van der Waals surface area contributed by atoms with Gasteiger partial charge in [0.25, 0.3) is 0 Å². The van der Waals surface area contributed by atoms with Crippen molar-refractivity contribution in [2.45, 2.75) is 27.0 Å². The molecule has 13 heavy (non-hydrogen) atoms. The van der Waals surface area contributed by atoms with Gasteiger partial charge in [0.15, 0.2) is 6.23 Å². The van der Waals surface area contributed by atoms with Gasteiger partial charge in [0.1, 0.15) is 0 Å². The average Bonchev–Trinajstić information content (AvgIpc) is 2.83. The van der Waals surface area contributed by atoms with Gasteiger partial charge in [-0.1, -0.05) is 39.0 Å². The third-order valence-corrected chi connectivity index (χ3v) is 2.13. The third-order valence-electron chi connectivity index (χ3n) is 2.13. The molecule has 0 aromatic heterocycles. The van der Waals surface area contributed by atoms with Crippen molar-refractivity contribution in [3.8, 4) is 0 Å². The minimum Gasteiger partial charge on any atom is -0.243 e. The van der Waals surface area contributed by atoms with E-state index in [-0.39, 0.29) is 11.6 Å². The molecule has 1 aromatic carbocycles. The van der Waals surface area contributed by atoms with Gasteiger partial charge >= 0.3 is 0 Å². The molecule has 0 bridgehead atoms. The van der Waals surface area contributed by atoms with Crippen molar-refractivity contribution in [1.82, 2.24) is 0 Å². The number of hydrogen-bond acceptors (Lipinski definition) is 2. The molecule has 1 aromatic rings. The van der Waals surface area contributed by atoms with Gasteiger partial charge in [-0.25, -0.2) is 9.90 Å². The molecule has 0 amide bonds. The lowest BCUT2D eigenvalue weighted by Gasteiger charge is -2.13. The van der Waals surface area contributed by atoms with Gasteiger partial charge in [-0.2, -0.15) is 0 Å². The second kappa shape index (κ2) is 2.74. The average molecular weight is 177 g/mol. The zero-order valence-electron chi connectivity index (χ0n) is 8.32. The van der Waals surface area contributed by atoms with Crippen LogP contribution in [-0.2, 0) is 4.84 Å². The van der Waals surface area contributed by atoms with Crippen LogP contribution in [0.2, 0.25) is 0 Å². The van der Waals surface area contributed by atoms with Crippen molar-refractivity contribution in [3.05, 3.63) is 30.3 Å². The van der Waals surface area contributed by atoms with E-state index in [2.05, 4.69) is 32.9 Å². The Kier molecular flexibility index (Phi) is 1.81. The lowest BCUT2D eigenvalue weighted by molar-refractivity contribution is 0.264. The molecule has 0 radical (unpaired) electrons. The highest BCUT2D eigenvalue weighted by Crippen LogP contribution is 2.40. The van der Waals surface area contributed by atoms with Crippen molar-refractivity contribution in [1.29, 1.82) is 0 Å². The molecule has 2 rings (SSSR count). The highest BCUT2D eigenvalue weighted by Gasteiger charge is 2.45. The van der Waals surface area contributed by atoms with Crippen LogP contribution in [0.1, 0.15) is 20.8 Å². The first-order valence-corrected chi connectivity index (χ1v) is 4.60. The minimum atomic E-state index is 0.190. The van der Waals surface area contributed by atoms with E-state index < -0.39 is 0 Å². The maximum Gasteiger partial charge on any atom is 0.186 e. The lowest BCUT2D eigenvalue weighted by Crippen LogP contribution is -2.18. The smallest absolute Gasteiger partial charge is 0.186 e.